The van der Waals surface area contributed by atoms with Crippen LogP contribution in [0.2, 0.25) is 0 Å². The Balaban J connectivity index is 2.15. The van der Waals surface area contributed by atoms with Crippen LogP contribution in [0, 0.1) is 0 Å². The van der Waals surface area contributed by atoms with Gasteiger partial charge in [-0.2, -0.15) is 0 Å². The molecule has 0 aliphatic heterocycles. The molecule has 0 saturated carbocycles. The molecule has 5 heteroatoms. The zero-order valence-electron chi connectivity index (χ0n) is 7.22. The molecule has 72 valence electrons. The Hall–Kier alpha value is -1.36. The Labute approximate surface area is 76.0 Å². The first-order chi connectivity index (χ1) is 6.33. The number of aliphatic hydroxyl groups is 1. The number of rotatable bonds is 5. The number of esters is 1. The number of ether oxygens (including phenoxy) is 1. The van der Waals surface area contributed by atoms with Crippen molar-refractivity contribution in [3.63, 3.8) is 0 Å². The van der Waals surface area contributed by atoms with Crippen molar-refractivity contribution < 1.29 is 14.6 Å². The fourth-order valence-electron chi connectivity index (χ4n) is 0.871. The van der Waals surface area contributed by atoms with Crippen molar-refractivity contribution >= 4 is 5.97 Å². The molecule has 1 aromatic rings. The van der Waals surface area contributed by atoms with Gasteiger partial charge in [0.2, 0.25) is 0 Å². The monoisotopic (exact) mass is 184 g/mol. The van der Waals surface area contributed by atoms with Crippen LogP contribution >= 0.6 is 0 Å². The first-order valence-electron chi connectivity index (χ1n) is 4.05. The van der Waals surface area contributed by atoms with Crippen LogP contribution in [0.25, 0.3) is 0 Å². The van der Waals surface area contributed by atoms with Crippen LogP contribution in [-0.4, -0.2) is 33.8 Å². The maximum absolute atomic E-state index is 10.9. The second-order valence-corrected chi connectivity index (χ2v) is 2.49. The van der Waals surface area contributed by atoms with Gasteiger partial charge in [-0.25, -0.2) is 4.98 Å². The molecule has 0 spiro atoms. The third-order valence-corrected chi connectivity index (χ3v) is 1.49. The van der Waals surface area contributed by atoms with Crippen LogP contribution in [-0.2, 0) is 16.1 Å². The highest BCUT2D eigenvalue weighted by molar-refractivity contribution is 5.69. The van der Waals surface area contributed by atoms with Crippen molar-refractivity contribution in [2.24, 2.45) is 0 Å². The van der Waals surface area contributed by atoms with Crippen molar-refractivity contribution in [3.8, 4) is 0 Å². The van der Waals surface area contributed by atoms with Gasteiger partial charge in [0.25, 0.3) is 0 Å². The minimum atomic E-state index is -0.303. The maximum Gasteiger partial charge on any atom is 0.307 e. The lowest BCUT2D eigenvalue weighted by atomic mass is 10.4. The minimum Gasteiger partial charge on any atom is -0.463 e. The van der Waals surface area contributed by atoms with Gasteiger partial charge in [-0.15, -0.1) is 0 Å². The molecule has 0 amide bonds. The Bertz CT molecular complexity index is 246. The fraction of sp³-hybridized carbons (Fsp3) is 0.500. The molecule has 0 aromatic carbocycles. The summed E-state index contributed by atoms with van der Waals surface area (Å²) >= 11 is 0. The Morgan fingerprint density at radius 1 is 1.62 bits per heavy atom. The highest BCUT2D eigenvalue weighted by atomic mass is 16.5. The van der Waals surface area contributed by atoms with Crippen LogP contribution in [0.4, 0.5) is 0 Å². The molecule has 0 bridgehead atoms. The van der Waals surface area contributed by atoms with Crippen molar-refractivity contribution in [2.45, 2.75) is 13.0 Å². The molecular formula is C8H12N2O3. The largest absolute Gasteiger partial charge is 0.463 e. The average Bonchev–Trinajstić information content (AvgIpc) is 2.64. The molecule has 5 nitrogen and oxygen atoms in total. The van der Waals surface area contributed by atoms with E-state index in [4.69, 9.17) is 5.11 Å². The third kappa shape index (κ3) is 3.71. The van der Waals surface area contributed by atoms with Crippen LogP contribution < -0.4 is 0 Å². The molecule has 0 atom stereocenters. The van der Waals surface area contributed by atoms with Crippen LogP contribution in [0.3, 0.4) is 0 Å². The zero-order chi connectivity index (χ0) is 9.52. The zero-order valence-corrected chi connectivity index (χ0v) is 7.22. The molecule has 1 N–H and O–H groups in total. The molecule has 0 fully saturated rings. The summed E-state index contributed by atoms with van der Waals surface area (Å²) in [6, 6.07) is 0. The highest BCUT2D eigenvalue weighted by Gasteiger charge is 2.01. The predicted molar refractivity (Wildman–Crippen MR) is 44.9 cm³/mol. The third-order valence-electron chi connectivity index (χ3n) is 1.49. The minimum absolute atomic E-state index is 0.0722. The summed E-state index contributed by atoms with van der Waals surface area (Å²) in [5.41, 5.74) is 0. The van der Waals surface area contributed by atoms with E-state index in [1.807, 2.05) is 0 Å². The summed E-state index contributed by atoms with van der Waals surface area (Å²) in [6.07, 6.45) is 5.37. The lowest BCUT2D eigenvalue weighted by Gasteiger charge is -2.02. The van der Waals surface area contributed by atoms with Gasteiger partial charge >= 0.3 is 5.97 Å². The Morgan fingerprint density at radius 2 is 2.46 bits per heavy atom. The van der Waals surface area contributed by atoms with Gasteiger partial charge in [0.1, 0.15) is 6.61 Å². The number of carbonyl (C=O) groups is 1. The number of aromatic nitrogens is 2. The topological polar surface area (TPSA) is 64.4 Å². The van der Waals surface area contributed by atoms with Gasteiger partial charge in [-0.3, -0.25) is 4.79 Å². The summed E-state index contributed by atoms with van der Waals surface area (Å²) in [5, 5.41) is 8.37. The summed E-state index contributed by atoms with van der Waals surface area (Å²) in [7, 11) is 0. The first kappa shape index (κ1) is 9.73. The second kappa shape index (κ2) is 5.31. The normalized spacial score (nSPS) is 9.92. The molecule has 0 aliphatic rings. The molecule has 1 heterocycles. The number of hydrogen-bond acceptors (Lipinski definition) is 4. The maximum atomic E-state index is 10.9. The van der Waals surface area contributed by atoms with E-state index < -0.39 is 0 Å². The molecule has 0 aliphatic carbocycles. The van der Waals surface area contributed by atoms with Crippen LogP contribution in [0.15, 0.2) is 18.7 Å². The number of hydrogen-bond donors (Lipinski definition) is 1. The molecule has 13 heavy (non-hydrogen) atoms. The molecule has 0 unspecified atom stereocenters. The van der Waals surface area contributed by atoms with Crippen molar-refractivity contribution in [1.82, 2.24) is 9.55 Å². The number of carbonyl (C=O) groups excluding carboxylic acids is 1. The predicted octanol–water partition coefficient (Wildman–Crippen LogP) is -0.191. The Morgan fingerprint density at radius 3 is 3.08 bits per heavy atom. The van der Waals surface area contributed by atoms with Gasteiger partial charge in [0.05, 0.1) is 19.4 Å². The van der Waals surface area contributed by atoms with Gasteiger partial charge in [0, 0.05) is 18.9 Å². The average molecular weight is 184 g/mol. The van der Waals surface area contributed by atoms with Crippen molar-refractivity contribution in [3.05, 3.63) is 18.7 Å². The van der Waals surface area contributed by atoms with Crippen LogP contribution in [0.5, 0.6) is 0 Å². The summed E-state index contributed by atoms with van der Waals surface area (Å²) in [5.74, 6) is -0.303. The number of aliphatic hydroxyl groups excluding tert-OH is 1. The van der Waals surface area contributed by atoms with E-state index in [-0.39, 0.29) is 19.2 Å². The first-order valence-corrected chi connectivity index (χ1v) is 4.05. The van der Waals surface area contributed by atoms with E-state index in [1.54, 1.807) is 23.3 Å². The van der Waals surface area contributed by atoms with E-state index in [9.17, 15) is 4.79 Å². The van der Waals surface area contributed by atoms with E-state index in [0.717, 1.165) is 0 Å². The molecule has 0 radical (unpaired) electrons. The quantitative estimate of drug-likeness (QED) is 0.644. The van der Waals surface area contributed by atoms with E-state index >= 15 is 0 Å². The molecular weight excluding hydrogens is 172 g/mol. The van der Waals surface area contributed by atoms with E-state index in [2.05, 4.69) is 9.72 Å². The fourth-order valence-corrected chi connectivity index (χ4v) is 0.871. The molecule has 1 rings (SSSR count). The smallest absolute Gasteiger partial charge is 0.307 e. The number of aryl methyl sites for hydroxylation is 1. The number of nitrogens with zero attached hydrogens (tertiary/aromatic N) is 2. The Kier molecular flexibility index (Phi) is 3.98. The molecule has 1 aromatic heterocycles. The van der Waals surface area contributed by atoms with E-state index in [0.29, 0.717) is 13.0 Å². The van der Waals surface area contributed by atoms with Gasteiger partial charge < -0.3 is 14.4 Å². The van der Waals surface area contributed by atoms with Gasteiger partial charge in [-0.1, -0.05) is 0 Å². The summed E-state index contributed by atoms with van der Waals surface area (Å²) in [6.45, 7) is 0.504. The molecule has 0 saturated heterocycles. The lowest BCUT2D eigenvalue weighted by Crippen LogP contribution is -2.10. The lowest BCUT2D eigenvalue weighted by molar-refractivity contribution is -0.144. The SMILES string of the molecule is O=C(CCn1ccnc1)OCCO. The standard InChI is InChI=1S/C8H12N2O3/c11-5-6-13-8(12)1-3-10-4-2-9-7-10/h2,4,7,11H,1,3,5-6H2. The van der Waals surface area contributed by atoms with Crippen molar-refractivity contribution in [1.29, 1.82) is 0 Å². The number of imidazole rings is 1. The van der Waals surface area contributed by atoms with Gasteiger partial charge in [-0.05, 0) is 0 Å². The van der Waals surface area contributed by atoms with Gasteiger partial charge in [0.15, 0.2) is 0 Å². The summed E-state index contributed by atoms with van der Waals surface area (Å²) < 4.78 is 6.46. The second-order valence-electron chi connectivity index (χ2n) is 2.49. The summed E-state index contributed by atoms with van der Waals surface area (Å²) in [4.78, 5) is 14.8. The van der Waals surface area contributed by atoms with Crippen molar-refractivity contribution in [2.75, 3.05) is 13.2 Å². The highest BCUT2D eigenvalue weighted by Crippen LogP contribution is 1.92. The van der Waals surface area contributed by atoms with Crippen LogP contribution in [0.1, 0.15) is 6.42 Å². The van der Waals surface area contributed by atoms with E-state index in [1.165, 1.54) is 0 Å².